The molecule has 0 aromatic heterocycles. The van der Waals surface area contributed by atoms with Crippen molar-refractivity contribution in [2.75, 3.05) is 6.61 Å². The smallest absolute Gasteiger partial charge is 0.328 e. The molecule has 0 heterocycles. The number of aliphatic hydroxyl groups excluding tert-OH is 1. The third-order valence-corrected chi connectivity index (χ3v) is 3.21. The molecule has 3 amide bonds. The fourth-order valence-corrected chi connectivity index (χ4v) is 1.67. The van der Waals surface area contributed by atoms with Crippen LogP contribution in [0.15, 0.2) is 0 Å². The van der Waals surface area contributed by atoms with Crippen LogP contribution in [0.3, 0.4) is 0 Å². The summed E-state index contributed by atoms with van der Waals surface area (Å²) in [5, 5.41) is 24.6. The van der Waals surface area contributed by atoms with Crippen molar-refractivity contribution >= 4 is 23.7 Å². The van der Waals surface area contributed by atoms with Crippen LogP contribution < -0.4 is 21.7 Å². The normalized spacial score (nSPS) is 15.8. The molecule has 0 spiro atoms. The maximum Gasteiger partial charge on any atom is 0.328 e. The van der Waals surface area contributed by atoms with E-state index in [1.165, 1.54) is 13.8 Å². The van der Waals surface area contributed by atoms with Crippen molar-refractivity contribution in [3.8, 4) is 0 Å². The summed E-state index contributed by atoms with van der Waals surface area (Å²) < 4.78 is 0. The number of rotatable bonds is 9. The minimum Gasteiger partial charge on any atom is -0.480 e. The van der Waals surface area contributed by atoms with Crippen molar-refractivity contribution in [1.82, 2.24) is 16.0 Å². The Morgan fingerprint density at radius 2 is 1.46 bits per heavy atom. The van der Waals surface area contributed by atoms with E-state index in [1.54, 1.807) is 13.8 Å². The molecular formula is C14H26N4O6. The lowest BCUT2D eigenvalue weighted by molar-refractivity contribution is -0.143. The molecule has 0 aliphatic rings. The third kappa shape index (κ3) is 6.92. The van der Waals surface area contributed by atoms with Crippen molar-refractivity contribution in [3.63, 3.8) is 0 Å². The minimum atomic E-state index is -1.46. The Balaban J connectivity index is 4.82. The van der Waals surface area contributed by atoms with Gasteiger partial charge in [-0.15, -0.1) is 0 Å². The fourth-order valence-electron chi connectivity index (χ4n) is 1.67. The molecule has 0 saturated carbocycles. The van der Waals surface area contributed by atoms with E-state index < -0.39 is 54.5 Å². The van der Waals surface area contributed by atoms with Crippen LogP contribution in [-0.4, -0.2) is 64.7 Å². The molecule has 0 aromatic rings. The largest absolute Gasteiger partial charge is 0.480 e. The van der Waals surface area contributed by atoms with E-state index in [0.717, 1.165) is 0 Å². The number of hydrogen-bond acceptors (Lipinski definition) is 6. The van der Waals surface area contributed by atoms with E-state index in [2.05, 4.69) is 16.0 Å². The number of carbonyl (C=O) groups is 4. The zero-order valence-electron chi connectivity index (χ0n) is 14.2. The number of aliphatic hydroxyl groups is 1. The van der Waals surface area contributed by atoms with Gasteiger partial charge >= 0.3 is 5.97 Å². The van der Waals surface area contributed by atoms with Crippen molar-refractivity contribution < 1.29 is 29.4 Å². The molecule has 0 fully saturated rings. The molecule has 0 bridgehead atoms. The first kappa shape index (κ1) is 21.8. The molecule has 0 aliphatic heterocycles. The van der Waals surface area contributed by atoms with Gasteiger partial charge in [-0.25, -0.2) is 4.79 Å². The first-order valence-corrected chi connectivity index (χ1v) is 7.51. The number of carboxylic acids is 1. The summed E-state index contributed by atoms with van der Waals surface area (Å²) in [6.45, 7) is 5.47. The number of amides is 3. The van der Waals surface area contributed by atoms with E-state index in [-0.39, 0.29) is 5.92 Å². The summed E-state index contributed by atoms with van der Waals surface area (Å²) in [6, 6.07) is -4.21. The molecule has 4 atom stereocenters. The number of nitrogens with two attached hydrogens (primary N) is 1. The number of hydrogen-bond donors (Lipinski definition) is 6. The van der Waals surface area contributed by atoms with Gasteiger partial charge in [-0.1, -0.05) is 13.8 Å². The summed E-state index contributed by atoms with van der Waals surface area (Å²) in [4.78, 5) is 46.5. The third-order valence-electron chi connectivity index (χ3n) is 3.21. The predicted molar refractivity (Wildman–Crippen MR) is 84.7 cm³/mol. The Labute approximate surface area is 140 Å². The summed E-state index contributed by atoms with van der Waals surface area (Å²) >= 11 is 0. The van der Waals surface area contributed by atoms with Gasteiger partial charge in [0.05, 0.1) is 12.6 Å². The van der Waals surface area contributed by atoms with Crippen molar-refractivity contribution in [3.05, 3.63) is 0 Å². The van der Waals surface area contributed by atoms with Crippen molar-refractivity contribution in [1.29, 1.82) is 0 Å². The van der Waals surface area contributed by atoms with E-state index in [9.17, 15) is 19.2 Å². The quantitative estimate of drug-likeness (QED) is 0.269. The van der Waals surface area contributed by atoms with Crippen LogP contribution in [0.1, 0.15) is 27.7 Å². The van der Waals surface area contributed by atoms with Crippen LogP contribution in [0.4, 0.5) is 0 Å². The van der Waals surface area contributed by atoms with E-state index in [1.807, 2.05) is 0 Å². The predicted octanol–water partition coefficient (Wildman–Crippen LogP) is -2.46. The topological polar surface area (TPSA) is 171 Å². The molecule has 0 aliphatic carbocycles. The van der Waals surface area contributed by atoms with Crippen LogP contribution in [0, 0.1) is 5.92 Å². The standard InChI is InChI=1S/C14H26N4O6/c1-6(2)10(18-11(20)7(3)15)13(22)16-8(4)12(21)17-9(5-19)14(23)24/h6-10,19H,5,15H2,1-4H3,(H,16,22)(H,17,21)(H,18,20)(H,23,24). The molecule has 138 valence electrons. The number of carboxylic acid groups (broad SMARTS) is 1. The summed E-state index contributed by atoms with van der Waals surface area (Å²) in [5.41, 5.74) is 5.45. The van der Waals surface area contributed by atoms with Gasteiger partial charge in [0.15, 0.2) is 0 Å². The van der Waals surface area contributed by atoms with Crippen LogP contribution in [0.25, 0.3) is 0 Å². The lowest BCUT2D eigenvalue weighted by Gasteiger charge is -2.25. The van der Waals surface area contributed by atoms with Crippen LogP contribution >= 0.6 is 0 Å². The molecule has 10 nitrogen and oxygen atoms in total. The highest BCUT2D eigenvalue weighted by atomic mass is 16.4. The van der Waals surface area contributed by atoms with E-state index in [0.29, 0.717) is 0 Å². The summed E-state index contributed by atoms with van der Waals surface area (Å²) in [5.74, 6) is -3.53. The van der Waals surface area contributed by atoms with Gasteiger partial charge in [-0.3, -0.25) is 14.4 Å². The first-order valence-electron chi connectivity index (χ1n) is 7.51. The number of nitrogens with one attached hydrogen (secondary N) is 3. The molecule has 0 saturated heterocycles. The van der Waals surface area contributed by atoms with Gasteiger partial charge in [0, 0.05) is 0 Å². The average Bonchev–Trinajstić information content (AvgIpc) is 2.48. The van der Waals surface area contributed by atoms with Crippen molar-refractivity contribution in [2.24, 2.45) is 11.7 Å². The monoisotopic (exact) mass is 346 g/mol. The Morgan fingerprint density at radius 1 is 0.917 bits per heavy atom. The molecule has 0 radical (unpaired) electrons. The van der Waals surface area contributed by atoms with Gasteiger partial charge in [0.25, 0.3) is 0 Å². The van der Waals surface area contributed by atoms with Gasteiger partial charge in [0.2, 0.25) is 17.7 Å². The summed E-state index contributed by atoms with van der Waals surface area (Å²) in [7, 11) is 0. The molecule has 10 heteroatoms. The highest BCUT2D eigenvalue weighted by Crippen LogP contribution is 2.03. The van der Waals surface area contributed by atoms with Crippen LogP contribution in [0.2, 0.25) is 0 Å². The van der Waals surface area contributed by atoms with Gasteiger partial charge < -0.3 is 31.9 Å². The zero-order chi connectivity index (χ0) is 19.0. The number of carbonyl (C=O) groups excluding carboxylic acids is 3. The highest BCUT2D eigenvalue weighted by Gasteiger charge is 2.29. The zero-order valence-corrected chi connectivity index (χ0v) is 14.2. The Bertz CT molecular complexity index is 480. The lowest BCUT2D eigenvalue weighted by atomic mass is 10.0. The molecular weight excluding hydrogens is 320 g/mol. The molecule has 24 heavy (non-hydrogen) atoms. The second-order valence-corrected chi connectivity index (χ2v) is 5.83. The van der Waals surface area contributed by atoms with Gasteiger partial charge in [-0.2, -0.15) is 0 Å². The molecule has 0 rings (SSSR count). The maximum absolute atomic E-state index is 12.2. The Morgan fingerprint density at radius 3 is 1.83 bits per heavy atom. The van der Waals surface area contributed by atoms with Gasteiger partial charge in [-0.05, 0) is 19.8 Å². The van der Waals surface area contributed by atoms with Crippen molar-refractivity contribution in [2.45, 2.75) is 51.9 Å². The minimum absolute atomic E-state index is 0.257. The average molecular weight is 346 g/mol. The second-order valence-electron chi connectivity index (χ2n) is 5.83. The summed E-state index contributed by atoms with van der Waals surface area (Å²) in [6.07, 6.45) is 0. The first-order chi connectivity index (χ1) is 11.0. The van der Waals surface area contributed by atoms with Crippen LogP contribution in [-0.2, 0) is 19.2 Å². The van der Waals surface area contributed by atoms with Gasteiger partial charge in [0.1, 0.15) is 18.1 Å². The molecule has 4 unspecified atom stereocenters. The SMILES string of the molecule is CC(N)C(=O)NC(C(=O)NC(C)C(=O)NC(CO)C(=O)O)C(C)C. The second kappa shape index (κ2) is 9.83. The van der Waals surface area contributed by atoms with Crippen LogP contribution in [0.5, 0.6) is 0 Å². The Hall–Kier alpha value is -2.20. The molecule has 0 aromatic carbocycles. The molecule has 7 N–H and O–H groups in total. The fraction of sp³-hybridized carbons (Fsp3) is 0.714. The maximum atomic E-state index is 12.2. The highest BCUT2D eigenvalue weighted by molar-refractivity contribution is 5.93. The van der Waals surface area contributed by atoms with E-state index >= 15 is 0 Å². The Kier molecular flexibility index (Phi) is 8.93. The lowest BCUT2D eigenvalue weighted by Crippen LogP contribution is -2.57. The number of aliphatic carboxylic acids is 1. The van der Waals surface area contributed by atoms with E-state index in [4.69, 9.17) is 15.9 Å².